The van der Waals surface area contributed by atoms with Gasteiger partial charge in [-0.05, 0) is 26.0 Å². The van der Waals surface area contributed by atoms with E-state index in [1.165, 1.54) is 11.8 Å². The number of thioether (sulfide) groups is 1. The van der Waals surface area contributed by atoms with Crippen LogP contribution in [0, 0.1) is 6.92 Å². The van der Waals surface area contributed by atoms with Crippen molar-refractivity contribution in [3.8, 4) is 11.5 Å². The summed E-state index contributed by atoms with van der Waals surface area (Å²) in [6.07, 6.45) is 0. The van der Waals surface area contributed by atoms with Gasteiger partial charge < -0.3 is 19.2 Å². The number of hydrogen-bond donors (Lipinski definition) is 1. The van der Waals surface area contributed by atoms with Crippen LogP contribution in [0.4, 0.5) is 5.69 Å². The first-order valence-electron chi connectivity index (χ1n) is 7.24. The summed E-state index contributed by atoms with van der Waals surface area (Å²) in [5, 5.41) is 10.7. The van der Waals surface area contributed by atoms with E-state index in [0.717, 1.165) is 0 Å². The van der Waals surface area contributed by atoms with E-state index in [1.54, 1.807) is 25.1 Å². The van der Waals surface area contributed by atoms with Crippen LogP contribution >= 0.6 is 11.8 Å². The van der Waals surface area contributed by atoms with Crippen LogP contribution in [0.25, 0.3) is 0 Å². The first-order valence-corrected chi connectivity index (χ1v) is 8.23. The lowest BCUT2D eigenvalue weighted by molar-refractivity contribution is -0.113. The van der Waals surface area contributed by atoms with Crippen LogP contribution in [-0.4, -0.2) is 35.1 Å². The van der Waals surface area contributed by atoms with Crippen molar-refractivity contribution in [2.45, 2.75) is 26.0 Å². The third-order valence-electron chi connectivity index (χ3n) is 2.67. The highest BCUT2D eigenvalue weighted by Crippen LogP contribution is 2.29. The van der Waals surface area contributed by atoms with Crippen LogP contribution in [0.15, 0.2) is 27.8 Å². The Balaban J connectivity index is 2.01. The van der Waals surface area contributed by atoms with E-state index < -0.39 is 0 Å². The van der Waals surface area contributed by atoms with Gasteiger partial charge in [0.2, 0.25) is 11.8 Å². The molecular weight excluding hydrogens is 318 g/mol. The minimum absolute atomic E-state index is 0.159. The van der Waals surface area contributed by atoms with Gasteiger partial charge in [0.05, 0.1) is 24.7 Å². The maximum atomic E-state index is 12.1. The molecule has 0 fully saturated rings. The van der Waals surface area contributed by atoms with E-state index in [9.17, 15) is 4.79 Å². The fourth-order valence-corrected chi connectivity index (χ4v) is 2.40. The highest BCUT2D eigenvalue weighted by Gasteiger charge is 2.12. The average molecular weight is 337 g/mol. The molecule has 0 aliphatic rings. The maximum absolute atomic E-state index is 12.1. The Labute approximate surface area is 138 Å². The molecule has 1 aromatic carbocycles. The van der Waals surface area contributed by atoms with Gasteiger partial charge in [-0.15, -0.1) is 10.2 Å². The summed E-state index contributed by atoms with van der Waals surface area (Å²) in [6.45, 7) is 6.54. The molecule has 2 rings (SSSR count). The van der Waals surface area contributed by atoms with E-state index in [0.29, 0.717) is 41.5 Å². The Kier molecular flexibility index (Phi) is 6.28. The van der Waals surface area contributed by atoms with Crippen molar-refractivity contribution in [3.63, 3.8) is 0 Å². The largest absolute Gasteiger partial charge is 0.494 e. The molecule has 7 nitrogen and oxygen atoms in total. The molecule has 2 aromatic rings. The van der Waals surface area contributed by atoms with Gasteiger partial charge in [-0.1, -0.05) is 11.8 Å². The summed E-state index contributed by atoms with van der Waals surface area (Å²) in [5.41, 5.74) is 0.574. The summed E-state index contributed by atoms with van der Waals surface area (Å²) in [4.78, 5) is 12.1. The predicted octanol–water partition coefficient (Wildman–Crippen LogP) is 2.91. The fraction of sp³-hybridized carbons (Fsp3) is 0.400. The second kappa shape index (κ2) is 8.42. The Morgan fingerprint density at radius 1 is 1.26 bits per heavy atom. The zero-order valence-corrected chi connectivity index (χ0v) is 14.1. The first-order chi connectivity index (χ1) is 11.1. The van der Waals surface area contributed by atoms with Crippen LogP contribution in [-0.2, 0) is 4.79 Å². The SMILES string of the molecule is CCOc1ccc(OCC)c(NC(=O)CSc2nnc(C)o2)c1. The number of carbonyl (C=O) groups is 1. The van der Waals surface area contributed by atoms with Crippen molar-refractivity contribution in [3.05, 3.63) is 24.1 Å². The molecule has 0 aliphatic heterocycles. The molecule has 1 amide bonds. The van der Waals surface area contributed by atoms with Gasteiger partial charge in [0.1, 0.15) is 11.5 Å². The molecule has 1 N–H and O–H groups in total. The van der Waals surface area contributed by atoms with Gasteiger partial charge in [-0.3, -0.25) is 4.79 Å². The summed E-state index contributed by atoms with van der Waals surface area (Å²) < 4.78 is 16.2. The van der Waals surface area contributed by atoms with E-state index >= 15 is 0 Å². The summed E-state index contributed by atoms with van der Waals surface area (Å²) >= 11 is 1.18. The van der Waals surface area contributed by atoms with E-state index in [2.05, 4.69) is 15.5 Å². The van der Waals surface area contributed by atoms with Gasteiger partial charge in [0, 0.05) is 13.0 Å². The van der Waals surface area contributed by atoms with Crippen LogP contribution in [0.2, 0.25) is 0 Å². The molecule has 0 atom stereocenters. The highest BCUT2D eigenvalue weighted by molar-refractivity contribution is 7.99. The zero-order valence-electron chi connectivity index (χ0n) is 13.3. The van der Waals surface area contributed by atoms with E-state index in [-0.39, 0.29) is 11.7 Å². The number of carbonyl (C=O) groups excluding carboxylic acids is 1. The first kappa shape index (κ1) is 17.1. The normalized spacial score (nSPS) is 10.4. The summed E-state index contributed by atoms with van der Waals surface area (Å²) in [7, 11) is 0. The highest BCUT2D eigenvalue weighted by atomic mass is 32.2. The minimum atomic E-state index is -0.194. The van der Waals surface area contributed by atoms with Crippen molar-refractivity contribution >= 4 is 23.4 Å². The predicted molar refractivity (Wildman–Crippen MR) is 87.2 cm³/mol. The summed E-state index contributed by atoms with van der Waals surface area (Å²) in [6, 6.07) is 5.33. The van der Waals surface area contributed by atoms with Gasteiger partial charge in [0.15, 0.2) is 0 Å². The van der Waals surface area contributed by atoms with Crippen LogP contribution in [0.1, 0.15) is 19.7 Å². The van der Waals surface area contributed by atoms with Crippen molar-refractivity contribution in [1.29, 1.82) is 0 Å². The number of rotatable bonds is 8. The van der Waals surface area contributed by atoms with Gasteiger partial charge >= 0.3 is 0 Å². The van der Waals surface area contributed by atoms with E-state index in [4.69, 9.17) is 13.9 Å². The van der Waals surface area contributed by atoms with Crippen molar-refractivity contribution in [2.24, 2.45) is 0 Å². The van der Waals surface area contributed by atoms with Crippen LogP contribution in [0.5, 0.6) is 11.5 Å². The number of hydrogen-bond acceptors (Lipinski definition) is 7. The Morgan fingerprint density at radius 2 is 2.04 bits per heavy atom. The molecule has 1 aromatic heterocycles. The van der Waals surface area contributed by atoms with Gasteiger partial charge in [0.25, 0.3) is 5.22 Å². The Bertz CT molecular complexity index is 660. The topological polar surface area (TPSA) is 86.5 Å². The molecule has 0 aliphatic carbocycles. The number of nitrogens with one attached hydrogen (secondary N) is 1. The minimum Gasteiger partial charge on any atom is -0.494 e. The van der Waals surface area contributed by atoms with Crippen molar-refractivity contribution in [1.82, 2.24) is 10.2 Å². The number of ether oxygens (including phenoxy) is 2. The molecular formula is C15H19N3O4S. The Morgan fingerprint density at radius 3 is 2.70 bits per heavy atom. The molecule has 124 valence electrons. The second-order valence-electron chi connectivity index (χ2n) is 4.45. The number of benzene rings is 1. The lowest BCUT2D eigenvalue weighted by Crippen LogP contribution is -2.15. The molecule has 0 spiro atoms. The quantitative estimate of drug-likeness (QED) is 0.741. The average Bonchev–Trinajstić information content (AvgIpc) is 2.94. The third kappa shape index (κ3) is 5.17. The number of anilines is 1. The monoisotopic (exact) mass is 337 g/mol. The molecule has 0 saturated heterocycles. The maximum Gasteiger partial charge on any atom is 0.277 e. The number of nitrogens with zero attached hydrogens (tertiary/aromatic N) is 2. The smallest absolute Gasteiger partial charge is 0.277 e. The molecule has 8 heteroatoms. The lowest BCUT2D eigenvalue weighted by Gasteiger charge is -2.13. The standard InChI is InChI=1S/C15H19N3O4S/c1-4-20-11-6-7-13(21-5-2)12(8-11)16-14(19)9-23-15-18-17-10(3)22-15/h6-8H,4-5,9H2,1-3H3,(H,16,19). The molecule has 0 radical (unpaired) electrons. The van der Waals surface area contributed by atoms with E-state index in [1.807, 2.05) is 13.8 Å². The Hall–Kier alpha value is -2.22. The molecule has 1 heterocycles. The summed E-state index contributed by atoms with van der Waals surface area (Å²) in [5.74, 6) is 1.71. The fourth-order valence-electron chi connectivity index (χ4n) is 1.79. The molecule has 0 saturated carbocycles. The lowest BCUT2D eigenvalue weighted by atomic mass is 10.2. The molecule has 0 bridgehead atoms. The molecule has 23 heavy (non-hydrogen) atoms. The zero-order chi connectivity index (χ0) is 16.7. The van der Waals surface area contributed by atoms with Gasteiger partial charge in [-0.2, -0.15) is 0 Å². The number of aryl methyl sites for hydroxylation is 1. The third-order valence-corrected chi connectivity index (χ3v) is 3.49. The second-order valence-corrected chi connectivity index (χ2v) is 5.37. The number of amides is 1. The van der Waals surface area contributed by atoms with Crippen LogP contribution in [0.3, 0.4) is 0 Å². The van der Waals surface area contributed by atoms with Crippen LogP contribution < -0.4 is 14.8 Å². The van der Waals surface area contributed by atoms with Crippen molar-refractivity contribution in [2.75, 3.05) is 24.3 Å². The number of aromatic nitrogens is 2. The van der Waals surface area contributed by atoms with Crippen molar-refractivity contribution < 1.29 is 18.7 Å². The molecule has 0 unspecified atom stereocenters. The van der Waals surface area contributed by atoms with Gasteiger partial charge in [-0.25, -0.2) is 0 Å².